The summed E-state index contributed by atoms with van der Waals surface area (Å²) >= 11 is 0. The van der Waals surface area contributed by atoms with Gasteiger partial charge in [-0.15, -0.1) is 6.58 Å². The van der Waals surface area contributed by atoms with Crippen LogP contribution in [0.3, 0.4) is 0 Å². The van der Waals surface area contributed by atoms with Crippen LogP contribution in [0.15, 0.2) is 12.7 Å². The van der Waals surface area contributed by atoms with Crippen LogP contribution >= 0.6 is 0 Å². The van der Waals surface area contributed by atoms with Gasteiger partial charge in [-0.05, 0) is 38.6 Å². The molecular formula is C12H20F3N. The molecule has 3 unspecified atom stereocenters. The van der Waals surface area contributed by atoms with Gasteiger partial charge in [0, 0.05) is 6.04 Å². The molecule has 0 amide bonds. The minimum Gasteiger partial charge on any atom is -0.316 e. The van der Waals surface area contributed by atoms with Gasteiger partial charge >= 0.3 is 6.18 Å². The maximum Gasteiger partial charge on any atom is 0.391 e. The second kappa shape index (κ2) is 5.71. The molecule has 94 valence electrons. The van der Waals surface area contributed by atoms with Crippen LogP contribution in [0.1, 0.15) is 32.1 Å². The van der Waals surface area contributed by atoms with Crippen LogP contribution in [0, 0.1) is 11.8 Å². The molecule has 0 aromatic rings. The molecule has 0 bridgehead atoms. The SMILES string of the molecule is C=CCC(NC)C1CCCC(C(F)(F)F)C1. The van der Waals surface area contributed by atoms with Crippen molar-refractivity contribution in [3.63, 3.8) is 0 Å². The molecule has 0 spiro atoms. The highest BCUT2D eigenvalue weighted by Gasteiger charge is 2.43. The fourth-order valence-electron chi connectivity index (χ4n) is 2.62. The van der Waals surface area contributed by atoms with Crippen LogP contribution in [0.25, 0.3) is 0 Å². The second-order valence-corrected chi connectivity index (χ2v) is 4.58. The Morgan fingerprint density at radius 2 is 2.12 bits per heavy atom. The van der Waals surface area contributed by atoms with Crippen molar-refractivity contribution < 1.29 is 13.2 Å². The molecule has 1 nitrogen and oxygen atoms in total. The summed E-state index contributed by atoms with van der Waals surface area (Å²) in [5.74, 6) is -0.977. The smallest absolute Gasteiger partial charge is 0.316 e. The standard InChI is InChI=1S/C12H20F3N/c1-3-5-11(16-2)9-6-4-7-10(8-9)12(13,14)15/h3,9-11,16H,1,4-8H2,2H3. The van der Waals surface area contributed by atoms with E-state index < -0.39 is 12.1 Å². The van der Waals surface area contributed by atoms with E-state index in [9.17, 15) is 13.2 Å². The lowest BCUT2D eigenvalue weighted by Gasteiger charge is -2.35. The Hall–Kier alpha value is -0.510. The minimum atomic E-state index is -4.02. The monoisotopic (exact) mass is 235 g/mol. The third-order valence-electron chi connectivity index (χ3n) is 3.54. The summed E-state index contributed by atoms with van der Waals surface area (Å²) in [6, 6.07) is 0.141. The van der Waals surface area contributed by atoms with Crippen LogP contribution in [-0.2, 0) is 0 Å². The molecule has 1 N–H and O–H groups in total. The predicted molar refractivity (Wildman–Crippen MR) is 59.2 cm³/mol. The van der Waals surface area contributed by atoms with E-state index in [0.29, 0.717) is 12.8 Å². The van der Waals surface area contributed by atoms with E-state index in [1.165, 1.54) is 0 Å². The molecule has 16 heavy (non-hydrogen) atoms. The van der Waals surface area contributed by atoms with E-state index in [1.807, 2.05) is 7.05 Å². The molecule has 1 fully saturated rings. The van der Waals surface area contributed by atoms with Gasteiger partial charge in [-0.3, -0.25) is 0 Å². The van der Waals surface area contributed by atoms with Crippen LogP contribution in [0.4, 0.5) is 13.2 Å². The molecule has 0 aromatic carbocycles. The molecular weight excluding hydrogens is 215 g/mol. The third kappa shape index (κ3) is 3.51. The summed E-state index contributed by atoms with van der Waals surface area (Å²) in [5.41, 5.74) is 0. The molecule has 0 heterocycles. The van der Waals surface area contributed by atoms with Gasteiger partial charge in [0.05, 0.1) is 5.92 Å². The summed E-state index contributed by atoms with van der Waals surface area (Å²) in [7, 11) is 1.81. The van der Waals surface area contributed by atoms with Crippen molar-refractivity contribution in [2.45, 2.75) is 44.3 Å². The van der Waals surface area contributed by atoms with E-state index >= 15 is 0 Å². The van der Waals surface area contributed by atoms with Crippen molar-refractivity contribution in [1.29, 1.82) is 0 Å². The lowest BCUT2D eigenvalue weighted by Crippen LogP contribution is -2.39. The minimum absolute atomic E-state index is 0.128. The zero-order chi connectivity index (χ0) is 12.2. The highest BCUT2D eigenvalue weighted by atomic mass is 19.4. The fraction of sp³-hybridized carbons (Fsp3) is 0.833. The Balaban J connectivity index is 2.58. The maximum atomic E-state index is 12.6. The number of alkyl halides is 3. The number of hydrogen-bond acceptors (Lipinski definition) is 1. The van der Waals surface area contributed by atoms with Crippen molar-refractivity contribution in [3.05, 3.63) is 12.7 Å². The Bertz CT molecular complexity index is 225. The zero-order valence-corrected chi connectivity index (χ0v) is 9.69. The van der Waals surface area contributed by atoms with E-state index in [4.69, 9.17) is 0 Å². The van der Waals surface area contributed by atoms with E-state index in [0.717, 1.165) is 12.8 Å². The maximum absolute atomic E-state index is 12.6. The topological polar surface area (TPSA) is 12.0 Å². The first-order chi connectivity index (χ1) is 7.49. The van der Waals surface area contributed by atoms with Crippen LogP contribution < -0.4 is 5.32 Å². The largest absolute Gasteiger partial charge is 0.391 e. The fourth-order valence-corrected chi connectivity index (χ4v) is 2.62. The summed E-state index contributed by atoms with van der Waals surface area (Å²) < 4.78 is 37.9. The van der Waals surface area contributed by atoms with Gasteiger partial charge in [0.1, 0.15) is 0 Å². The average Bonchev–Trinajstić information content (AvgIpc) is 2.25. The van der Waals surface area contributed by atoms with Crippen LogP contribution in [-0.4, -0.2) is 19.3 Å². The number of rotatable bonds is 4. The lowest BCUT2D eigenvalue weighted by molar-refractivity contribution is -0.186. The Kier molecular flexibility index (Phi) is 4.84. The van der Waals surface area contributed by atoms with E-state index in [2.05, 4.69) is 11.9 Å². The van der Waals surface area contributed by atoms with E-state index in [1.54, 1.807) is 6.08 Å². The summed E-state index contributed by atoms with van der Waals surface area (Å²) in [6.07, 6.45) is 0.638. The Morgan fingerprint density at radius 1 is 1.44 bits per heavy atom. The van der Waals surface area contributed by atoms with Gasteiger partial charge < -0.3 is 5.32 Å². The predicted octanol–water partition coefficient (Wildman–Crippen LogP) is 3.52. The van der Waals surface area contributed by atoms with Gasteiger partial charge in [-0.25, -0.2) is 0 Å². The van der Waals surface area contributed by atoms with Gasteiger partial charge in [0.2, 0.25) is 0 Å². The number of hydrogen-bond donors (Lipinski definition) is 1. The molecule has 1 rings (SSSR count). The van der Waals surface area contributed by atoms with Crippen molar-refractivity contribution in [1.82, 2.24) is 5.32 Å². The lowest BCUT2D eigenvalue weighted by atomic mass is 9.76. The first kappa shape index (κ1) is 13.6. The normalized spacial score (nSPS) is 28.8. The van der Waals surface area contributed by atoms with Crippen molar-refractivity contribution >= 4 is 0 Å². The number of nitrogens with one attached hydrogen (secondary N) is 1. The molecule has 1 saturated carbocycles. The average molecular weight is 235 g/mol. The molecule has 0 saturated heterocycles. The second-order valence-electron chi connectivity index (χ2n) is 4.58. The molecule has 0 aromatic heterocycles. The molecule has 1 aliphatic carbocycles. The summed E-state index contributed by atoms with van der Waals surface area (Å²) in [5, 5.41) is 3.11. The van der Waals surface area contributed by atoms with Gasteiger partial charge in [-0.2, -0.15) is 13.2 Å². The molecule has 0 aliphatic heterocycles. The molecule has 0 radical (unpaired) electrons. The van der Waals surface area contributed by atoms with Gasteiger partial charge in [-0.1, -0.05) is 12.5 Å². The zero-order valence-electron chi connectivity index (χ0n) is 9.69. The third-order valence-corrected chi connectivity index (χ3v) is 3.54. The quantitative estimate of drug-likeness (QED) is 0.735. The molecule has 4 heteroatoms. The first-order valence-electron chi connectivity index (χ1n) is 5.84. The molecule has 1 aliphatic rings. The van der Waals surface area contributed by atoms with Crippen molar-refractivity contribution in [3.8, 4) is 0 Å². The van der Waals surface area contributed by atoms with Crippen molar-refractivity contribution in [2.75, 3.05) is 7.05 Å². The van der Waals surface area contributed by atoms with Crippen LogP contribution in [0.2, 0.25) is 0 Å². The van der Waals surface area contributed by atoms with Gasteiger partial charge in [0.25, 0.3) is 0 Å². The highest BCUT2D eigenvalue weighted by Crippen LogP contribution is 2.41. The van der Waals surface area contributed by atoms with Gasteiger partial charge in [0.15, 0.2) is 0 Å². The van der Waals surface area contributed by atoms with Crippen molar-refractivity contribution in [2.24, 2.45) is 11.8 Å². The Labute approximate surface area is 95.1 Å². The summed E-state index contributed by atoms with van der Waals surface area (Å²) in [4.78, 5) is 0. The molecule has 3 atom stereocenters. The number of halogens is 3. The Morgan fingerprint density at radius 3 is 2.62 bits per heavy atom. The first-order valence-corrected chi connectivity index (χ1v) is 5.84. The highest BCUT2D eigenvalue weighted by molar-refractivity contribution is 4.88. The van der Waals surface area contributed by atoms with Crippen LogP contribution in [0.5, 0.6) is 0 Å². The summed E-state index contributed by atoms with van der Waals surface area (Å²) in [6.45, 7) is 3.65. The van der Waals surface area contributed by atoms with E-state index in [-0.39, 0.29) is 18.4 Å².